The molecule has 2 bridgehead atoms. The summed E-state index contributed by atoms with van der Waals surface area (Å²) in [5, 5.41) is 6.91. The van der Waals surface area contributed by atoms with E-state index in [2.05, 4.69) is 28.0 Å². The lowest BCUT2D eigenvalue weighted by molar-refractivity contribution is -0.433. The first-order valence-corrected chi connectivity index (χ1v) is 6.93. The zero-order chi connectivity index (χ0) is 15.0. The number of allylic oxidation sites excluding steroid dienone is 1. The average Bonchev–Trinajstić information content (AvgIpc) is 2.42. The van der Waals surface area contributed by atoms with Gasteiger partial charge in [-0.25, -0.2) is 10.1 Å². The number of alkyl halides is 2. The van der Waals surface area contributed by atoms with E-state index in [1.54, 1.807) is 0 Å². The Labute approximate surface area is 119 Å². The number of esters is 1. The molecule has 0 saturated heterocycles. The molecule has 0 heterocycles. The molecule has 0 aromatic heterocycles. The largest absolute Gasteiger partial charge is 0.456 e. The monoisotopic (exact) mass is 310 g/mol. The van der Waals surface area contributed by atoms with Gasteiger partial charge in [0.15, 0.2) is 0 Å². The molecular formula is C12H16F2O5S. The minimum absolute atomic E-state index is 0.140. The van der Waals surface area contributed by atoms with E-state index in [0.717, 1.165) is 18.4 Å². The Morgan fingerprint density at radius 3 is 2.85 bits per heavy atom. The summed E-state index contributed by atoms with van der Waals surface area (Å²) in [4.78, 5) is 11.3. The van der Waals surface area contributed by atoms with Gasteiger partial charge in [-0.15, -0.1) is 4.33 Å². The van der Waals surface area contributed by atoms with Crippen LogP contribution in [0.2, 0.25) is 0 Å². The third-order valence-corrected chi connectivity index (χ3v) is 4.86. The standard InChI is InChI=1S/C12H16F2O5S/c1-11(2)8-4-3-7(9(11)5-8)6-17-10(15)12(13,14)20-19-18-16/h3,8-9,16H,4-6H2,1-2H3. The number of halogens is 2. The smallest absolute Gasteiger partial charge is 0.415 e. The molecule has 0 aliphatic heterocycles. The Bertz CT molecular complexity index is 424. The summed E-state index contributed by atoms with van der Waals surface area (Å²) in [7, 11) is 0. The van der Waals surface area contributed by atoms with Gasteiger partial charge >= 0.3 is 11.2 Å². The molecule has 0 aromatic carbocycles. The molecule has 2 unspecified atom stereocenters. The maximum absolute atomic E-state index is 13.2. The van der Waals surface area contributed by atoms with Crippen molar-refractivity contribution in [2.75, 3.05) is 6.61 Å². The van der Waals surface area contributed by atoms with Gasteiger partial charge in [-0.2, -0.15) is 8.78 Å². The fraction of sp³-hybridized carbons (Fsp3) is 0.750. The van der Waals surface area contributed by atoms with Crippen molar-refractivity contribution >= 4 is 18.0 Å². The summed E-state index contributed by atoms with van der Waals surface area (Å²) in [6.07, 6.45) is 3.88. The summed E-state index contributed by atoms with van der Waals surface area (Å²) in [5.41, 5.74) is 1.03. The van der Waals surface area contributed by atoms with Crippen molar-refractivity contribution in [1.82, 2.24) is 0 Å². The van der Waals surface area contributed by atoms with Crippen molar-refractivity contribution in [2.24, 2.45) is 17.3 Å². The van der Waals surface area contributed by atoms with Gasteiger partial charge in [0, 0.05) is 0 Å². The second-order valence-electron chi connectivity index (χ2n) is 5.64. The summed E-state index contributed by atoms with van der Waals surface area (Å²) in [5.74, 6) is -0.814. The number of ether oxygens (including phenoxy) is 1. The van der Waals surface area contributed by atoms with E-state index in [1.807, 2.05) is 6.08 Å². The van der Waals surface area contributed by atoms with Crippen LogP contribution >= 0.6 is 12.0 Å². The van der Waals surface area contributed by atoms with Gasteiger partial charge in [0.1, 0.15) is 18.6 Å². The van der Waals surface area contributed by atoms with Crippen LogP contribution in [0.25, 0.3) is 0 Å². The van der Waals surface area contributed by atoms with E-state index in [4.69, 9.17) is 5.26 Å². The molecule has 20 heavy (non-hydrogen) atoms. The predicted molar refractivity (Wildman–Crippen MR) is 66.4 cm³/mol. The van der Waals surface area contributed by atoms with Crippen LogP contribution in [0.5, 0.6) is 0 Å². The van der Waals surface area contributed by atoms with E-state index in [1.165, 1.54) is 0 Å². The number of fused-ring (bicyclic) bond motifs is 1. The van der Waals surface area contributed by atoms with Gasteiger partial charge in [0.05, 0.1) is 0 Å². The third-order valence-electron chi connectivity index (χ3n) is 4.36. The summed E-state index contributed by atoms with van der Waals surface area (Å²) in [6.45, 7) is 4.13. The Hall–Kier alpha value is -0.700. The molecular weight excluding hydrogens is 294 g/mol. The SMILES string of the molecule is CC1(C)C2CC=C(COC(=O)C(F)(F)SOOO)C1C2. The van der Waals surface area contributed by atoms with Crippen molar-refractivity contribution in [1.29, 1.82) is 0 Å². The Morgan fingerprint density at radius 1 is 1.60 bits per heavy atom. The first-order chi connectivity index (χ1) is 9.29. The van der Waals surface area contributed by atoms with Crippen LogP contribution in [0.4, 0.5) is 8.78 Å². The quantitative estimate of drug-likeness (QED) is 0.267. The van der Waals surface area contributed by atoms with Gasteiger partial charge in [-0.3, -0.25) is 0 Å². The molecule has 0 spiro atoms. The van der Waals surface area contributed by atoms with E-state index in [9.17, 15) is 13.6 Å². The fourth-order valence-corrected chi connectivity index (χ4v) is 3.21. The molecule has 5 nitrogen and oxygen atoms in total. The highest BCUT2D eigenvalue weighted by molar-refractivity contribution is 7.96. The Balaban J connectivity index is 1.87. The third kappa shape index (κ3) is 2.83. The average molecular weight is 310 g/mol. The number of hydrogen-bond donors (Lipinski definition) is 1. The molecule has 0 amide bonds. The number of carbonyl (C=O) groups is 1. The maximum atomic E-state index is 13.2. The number of hydrogen-bond acceptors (Lipinski definition) is 6. The lowest BCUT2D eigenvalue weighted by atomic mass is 9.49. The highest BCUT2D eigenvalue weighted by Gasteiger charge is 2.51. The van der Waals surface area contributed by atoms with Crippen LogP contribution in [0, 0.1) is 17.3 Å². The predicted octanol–water partition coefficient (Wildman–Crippen LogP) is 3.18. The first-order valence-electron chi connectivity index (χ1n) is 6.19. The van der Waals surface area contributed by atoms with Gasteiger partial charge in [-0.05, 0) is 35.7 Å². The van der Waals surface area contributed by atoms with Gasteiger partial charge in [-0.1, -0.05) is 25.0 Å². The topological polar surface area (TPSA) is 65.0 Å². The fourth-order valence-electron chi connectivity index (χ4n) is 2.97. The Morgan fingerprint density at radius 2 is 2.30 bits per heavy atom. The summed E-state index contributed by atoms with van der Waals surface area (Å²) < 4.78 is 34.6. The molecule has 1 fully saturated rings. The zero-order valence-corrected chi connectivity index (χ0v) is 11.9. The number of rotatable bonds is 6. The van der Waals surface area contributed by atoms with Crippen molar-refractivity contribution in [3.8, 4) is 0 Å². The van der Waals surface area contributed by atoms with E-state index in [0.29, 0.717) is 5.92 Å². The van der Waals surface area contributed by atoms with Crippen molar-refractivity contribution in [3.63, 3.8) is 0 Å². The highest BCUT2D eigenvalue weighted by atomic mass is 32.2. The van der Waals surface area contributed by atoms with E-state index >= 15 is 0 Å². The minimum Gasteiger partial charge on any atom is -0.456 e. The van der Waals surface area contributed by atoms with Crippen molar-refractivity contribution in [2.45, 2.75) is 31.9 Å². The van der Waals surface area contributed by atoms with E-state index in [-0.39, 0.29) is 17.9 Å². The highest BCUT2D eigenvalue weighted by Crippen LogP contribution is 2.59. The Kier molecular flexibility index (Phi) is 4.38. The summed E-state index contributed by atoms with van der Waals surface area (Å²) in [6, 6.07) is 0. The molecule has 3 aliphatic carbocycles. The first kappa shape index (κ1) is 15.7. The lowest BCUT2D eigenvalue weighted by Gasteiger charge is -2.56. The molecule has 1 N–H and O–H groups in total. The summed E-state index contributed by atoms with van der Waals surface area (Å²) >= 11 is -0.616. The van der Waals surface area contributed by atoms with Crippen molar-refractivity contribution < 1.29 is 32.9 Å². The molecule has 8 heteroatoms. The second kappa shape index (κ2) is 5.59. The molecule has 2 atom stereocenters. The lowest BCUT2D eigenvalue weighted by Crippen LogP contribution is -2.49. The van der Waals surface area contributed by atoms with Crippen LogP contribution in [0.1, 0.15) is 26.7 Å². The van der Waals surface area contributed by atoms with Gasteiger partial charge in [0.2, 0.25) is 0 Å². The maximum Gasteiger partial charge on any atom is 0.415 e. The molecule has 1 saturated carbocycles. The van der Waals surface area contributed by atoms with Crippen LogP contribution in [-0.4, -0.2) is 23.1 Å². The van der Waals surface area contributed by atoms with Gasteiger partial charge < -0.3 is 4.74 Å². The van der Waals surface area contributed by atoms with E-state index < -0.39 is 23.3 Å². The molecule has 0 aromatic rings. The molecule has 3 rings (SSSR count). The minimum atomic E-state index is -3.93. The normalized spacial score (nSPS) is 27.6. The number of carbonyl (C=O) groups excluding carboxylic acids is 1. The second-order valence-corrected chi connectivity index (χ2v) is 6.46. The molecule has 114 valence electrons. The van der Waals surface area contributed by atoms with Crippen LogP contribution in [0.3, 0.4) is 0 Å². The van der Waals surface area contributed by atoms with Crippen molar-refractivity contribution in [3.05, 3.63) is 11.6 Å². The van der Waals surface area contributed by atoms with Gasteiger partial charge in [0.25, 0.3) is 0 Å². The molecule has 0 radical (unpaired) electrons. The van der Waals surface area contributed by atoms with Crippen LogP contribution < -0.4 is 0 Å². The zero-order valence-electron chi connectivity index (χ0n) is 11.1. The van der Waals surface area contributed by atoms with Crippen LogP contribution in [-0.2, 0) is 18.9 Å². The van der Waals surface area contributed by atoms with Crippen LogP contribution in [0.15, 0.2) is 11.6 Å². The molecule has 3 aliphatic rings.